The first-order chi connectivity index (χ1) is 11.1. The minimum absolute atomic E-state index is 0.157. The fourth-order valence-electron chi connectivity index (χ4n) is 2.77. The molecule has 1 atom stereocenters. The number of hydrogen-bond acceptors (Lipinski definition) is 4. The van der Waals surface area contributed by atoms with Gasteiger partial charge in [0.05, 0.1) is 5.25 Å². The first-order valence-electron chi connectivity index (χ1n) is 8.06. The smallest absolute Gasteiger partial charge is 0.235 e. The van der Waals surface area contributed by atoms with Gasteiger partial charge in [0.25, 0.3) is 0 Å². The van der Waals surface area contributed by atoms with E-state index in [4.69, 9.17) is 0 Å². The zero-order valence-electron chi connectivity index (χ0n) is 13.6. The zero-order valence-corrected chi connectivity index (χ0v) is 14.4. The van der Waals surface area contributed by atoms with Gasteiger partial charge in [0, 0.05) is 18.8 Å². The first-order valence-corrected chi connectivity index (χ1v) is 8.94. The van der Waals surface area contributed by atoms with Crippen molar-refractivity contribution in [1.82, 2.24) is 19.7 Å². The number of nitrogens with zero attached hydrogens (tertiary/aromatic N) is 4. The molecule has 5 nitrogen and oxygen atoms in total. The van der Waals surface area contributed by atoms with E-state index in [9.17, 15) is 4.79 Å². The number of aromatic nitrogens is 3. The van der Waals surface area contributed by atoms with E-state index < -0.39 is 0 Å². The summed E-state index contributed by atoms with van der Waals surface area (Å²) in [6.07, 6.45) is 3.89. The van der Waals surface area contributed by atoms with Gasteiger partial charge < -0.3 is 4.90 Å². The SMILES string of the molecule is CC1CCN(C(=O)C(C)Sc2nncn2-c2ccccc2)CC1. The predicted octanol–water partition coefficient (Wildman–Crippen LogP) is 3.01. The van der Waals surface area contributed by atoms with Crippen molar-refractivity contribution in [2.24, 2.45) is 5.92 Å². The number of thioether (sulfide) groups is 1. The quantitative estimate of drug-likeness (QED) is 0.809. The van der Waals surface area contributed by atoms with Crippen molar-refractivity contribution in [3.05, 3.63) is 36.7 Å². The summed E-state index contributed by atoms with van der Waals surface area (Å²) in [5.74, 6) is 0.924. The Bertz CT molecular complexity index is 650. The number of piperidine rings is 1. The van der Waals surface area contributed by atoms with E-state index in [2.05, 4.69) is 17.1 Å². The fraction of sp³-hybridized carbons (Fsp3) is 0.471. The largest absolute Gasteiger partial charge is 0.342 e. The van der Waals surface area contributed by atoms with Crippen LogP contribution in [0, 0.1) is 5.92 Å². The minimum atomic E-state index is -0.157. The van der Waals surface area contributed by atoms with Gasteiger partial charge in [-0.1, -0.05) is 36.9 Å². The molecule has 122 valence electrons. The number of carbonyl (C=O) groups is 1. The molecule has 0 bridgehead atoms. The molecule has 0 N–H and O–H groups in total. The molecule has 1 aromatic heterocycles. The summed E-state index contributed by atoms with van der Waals surface area (Å²) in [5.41, 5.74) is 1.01. The van der Waals surface area contributed by atoms with Crippen LogP contribution in [-0.4, -0.2) is 43.9 Å². The van der Waals surface area contributed by atoms with Crippen LogP contribution in [0.2, 0.25) is 0 Å². The lowest BCUT2D eigenvalue weighted by molar-refractivity contribution is -0.131. The molecule has 1 aromatic carbocycles. The van der Waals surface area contributed by atoms with Crippen LogP contribution in [-0.2, 0) is 4.79 Å². The van der Waals surface area contributed by atoms with E-state index in [1.54, 1.807) is 6.33 Å². The van der Waals surface area contributed by atoms with Crippen LogP contribution in [0.3, 0.4) is 0 Å². The van der Waals surface area contributed by atoms with Crippen molar-refractivity contribution in [1.29, 1.82) is 0 Å². The third-order valence-corrected chi connectivity index (χ3v) is 5.32. The fourth-order valence-corrected chi connectivity index (χ4v) is 3.69. The Hall–Kier alpha value is -1.82. The van der Waals surface area contributed by atoms with Crippen molar-refractivity contribution < 1.29 is 4.79 Å². The molecule has 3 rings (SSSR count). The predicted molar refractivity (Wildman–Crippen MR) is 91.7 cm³/mol. The van der Waals surface area contributed by atoms with Crippen molar-refractivity contribution in [3.8, 4) is 5.69 Å². The molecule has 0 aliphatic carbocycles. The van der Waals surface area contributed by atoms with Gasteiger partial charge in [-0.3, -0.25) is 9.36 Å². The van der Waals surface area contributed by atoms with Crippen LogP contribution < -0.4 is 0 Å². The third kappa shape index (κ3) is 3.75. The molecule has 0 saturated carbocycles. The molecule has 1 amide bonds. The van der Waals surface area contributed by atoms with Gasteiger partial charge in [0.15, 0.2) is 5.16 Å². The van der Waals surface area contributed by atoms with Crippen LogP contribution in [0.5, 0.6) is 0 Å². The Kier molecular flexibility index (Phi) is 5.00. The normalized spacial score (nSPS) is 17.2. The number of carbonyl (C=O) groups excluding carboxylic acids is 1. The van der Waals surface area contributed by atoms with Gasteiger partial charge in [-0.05, 0) is 37.8 Å². The molecule has 2 heterocycles. The highest BCUT2D eigenvalue weighted by Gasteiger charge is 2.26. The monoisotopic (exact) mass is 330 g/mol. The summed E-state index contributed by atoms with van der Waals surface area (Å²) in [5, 5.41) is 8.77. The average molecular weight is 330 g/mol. The van der Waals surface area contributed by atoms with Gasteiger partial charge >= 0.3 is 0 Å². The van der Waals surface area contributed by atoms with Crippen LogP contribution in [0.25, 0.3) is 5.69 Å². The standard InChI is InChI=1S/C17H22N4OS/c1-13-8-10-20(11-9-13)16(22)14(2)23-17-19-18-12-21(17)15-6-4-3-5-7-15/h3-7,12-14H,8-11H2,1-2H3. The number of likely N-dealkylation sites (tertiary alicyclic amines) is 1. The summed E-state index contributed by atoms with van der Waals surface area (Å²) in [4.78, 5) is 14.6. The molecule has 23 heavy (non-hydrogen) atoms. The molecule has 1 saturated heterocycles. The number of rotatable bonds is 4. The molecule has 6 heteroatoms. The summed E-state index contributed by atoms with van der Waals surface area (Å²) in [7, 11) is 0. The van der Waals surface area contributed by atoms with Crippen molar-refractivity contribution in [2.75, 3.05) is 13.1 Å². The highest BCUT2D eigenvalue weighted by molar-refractivity contribution is 8.00. The summed E-state index contributed by atoms with van der Waals surface area (Å²) < 4.78 is 1.92. The average Bonchev–Trinajstić information content (AvgIpc) is 3.04. The van der Waals surface area contributed by atoms with E-state index in [1.807, 2.05) is 46.7 Å². The summed E-state index contributed by atoms with van der Waals surface area (Å²) in [6, 6.07) is 9.95. The Morgan fingerprint density at radius 1 is 1.26 bits per heavy atom. The highest BCUT2D eigenvalue weighted by Crippen LogP contribution is 2.26. The van der Waals surface area contributed by atoms with E-state index >= 15 is 0 Å². The lowest BCUT2D eigenvalue weighted by Gasteiger charge is -2.31. The van der Waals surface area contributed by atoms with Gasteiger partial charge in [0.1, 0.15) is 6.33 Å². The van der Waals surface area contributed by atoms with Crippen molar-refractivity contribution >= 4 is 17.7 Å². The molecule has 1 unspecified atom stereocenters. The molecular weight excluding hydrogens is 308 g/mol. The van der Waals surface area contributed by atoms with Crippen molar-refractivity contribution in [2.45, 2.75) is 37.1 Å². The van der Waals surface area contributed by atoms with E-state index in [0.717, 1.165) is 42.7 Å². The lowest BCUT2D eigenvalue weighted by Crippen LogP contribution is -2.41. The highest BCUT2D eigenvalue weighted by atomic mass is 32.2. The lowest BCUT2D eigenvalue weighted by atomic mass is 9.99. The number of para-hydroxylation sites is 1. The van der Waals surface area contributed by atoms with E-state index in [0.29, 0.717) is 0 Å². The maximum absolute atomic E-state index is 12.6. The van der Waals surface area contributed by atoms with E-state index in [-0.39, 0.29) is 11.2 Å². The molecule has 1 aliphatic rings. The molecule has 0 radical (unpaired) electrons. The van der Waals surface area contributed by atoms with Gasteiger partial charge in [-0.2, -0.15) is 0 Å². The van der Waals surface area contributed by atoms with Crippen LogP contribution in [0.15, 0.2) is 41.8 Å². The van der Waals surface area contributed by atoms with Crippen LogP contribution in [0.4, 0.5) is 0 Å². The van der Waals surface area contributed by atoms with Gasteiger partial charge in [0.2, 0.25) is 5.91 Å². The van der Waals surface area contributed by atoms with Crippen molar-refractivity contribution in [3.63, 3.8) is 0 Å². The second-order valence-corrected chi connectivity index (χ2v) is 7.39. The maximum atomic E-state index is 12.6. The maximum Gasteiger partial charge on any atom is 0.235 e. The number of amides is 1. The van der Waals surface area contributed by atoms with Crippen LogP contribution >= 0.6 is 11.8 Å². The Labute approximate surface area is 141 Å². The topological polar surface area (TPSA) is 51.0 Å². The Morgan fingerprint density at radius 3 is 2.65 bits per heavy atom. The van der Waals surface area contributed by atoms with Gasteiger partial charge in [-0.25, -0.2) is 0 Å². The molecule has 1 aliphatic heterocycles. The molecular formula is C17H22N4OS. The van der Waals surface area contributed by atoms with Gasteiger partial charge in [-0.15, -0.1) is 10.2 Å². The molecule has 1 fully saturated rings. The number of hydrogen-bond donors (Lipinski definition) is 0. The second-order valence-electron chi connectivity index (χ2n) is 6.09. The van der Waals surface area contributed by atoms with E-state index in [1.165, 1.54) is 11.8 Å². The first kappa shape index (κ1) is 16.1. The Morgan fingerprint density at radius 2 is 1.96 bits per heavy atom. The number of benzene rings is 1. The van der Waals surface area contributed by atoms with Crippen LogP contribution in [0.1, 0.15) is 26.7 Å². The minimum Gasteiger partial charge on any atom is -0.342 e. The molecule has 0 spiro atoms. The zero-order chi connectivity index (χ0) is 16.2. The molecule has 2 aromatic rings. The third-order valence-electron chi connectivity index (χ3n) is 4.28. The second kappa shape index (κ2) is 7.17. The summed E-state index contributed by atoms with van der Waals surface area (Å²) in [6.45, 7) is 5.95. The summed E-state index contributed by atoms with van der Waals surface area (Å²) >= 11 is 1.47. The Balaban J connectivity index is 1.68.